The van der Waals surface area contributed by atoms with E-state index in [2.05, 4.69) is 46.1 Å². The fraction of sp³-hybridized carbons (Fsp3) is 0.263. The van der Waals surface area contributed by atoms with Crippen LogP contribution < -0.4 is 10.6 Å². The average Bonchev–Trinajstić information content (AvgIpc) is 3.01. The second-order valence-electron chi connectivity index (χ2n) is 6.01. The molecule has 0 aliphatic carbocycles. The summed E-state index contributed by atoms with van der Waals surface area (Å²) in [4.78, 5) is 12.6. The van der Waals surface area contributed by atoms with Gasteiger partial charge in [-0.05, 0) is 36.4 Å². The second kappa shape index (κ2) is 6.84. The average molecular weight is 322 g/mol. The number of aryl methyl sites for hydroxylation is 1. The zero-order valence-electron chi connectivity index (χ0n) is 14.2. The van der Waals surface area contributed by atoms with Crippen LogP contribution >= 0.6 is 0 Å². The van der Waals surface area contributed by atoms with Crippen molar-refractivity contribution in [1.29, 1.82) is 0 Å². The maximum absolute atomic E-state index is 12.6. The Labute approximate surface area is 141 Å². The topological polar surface area (TPSA) is 59.0 Å². The highest BCUT2D eigenvalue weighted by Gasteiger charge is 2.22. The van der Waals surface area contributed by atoms with Gasteiger partial charge in [0.1, 0.15) is 6.04 Å². The number of amides is 1. The third-order valence-corrected chi connectivity index (χ3v) is 4.24. The lowest BCUT2D eigenvalue weighted by Crippen LogP contribution is -2.37. The quantitative estimate of drug-likeness (QED) is 0.759. The monoisotopic (exact) mass is 322 g/mol. The highest BCUT2D eigenvalue weighted by molar-refractivity contribution is 5.85. The minimum Gasteiger partial charge on any atom is -0.348 e. The van der Waals surface area contributed by atoms with E-state index in [1.54, 1.807) is 17.9 Å². The van der Waals surface area contributed by atoms with Gasteiger partial charge in [0.2, 0.25) is 5.91 Å². The molecular formula is C19H22N4O. The zero-order chi connectivity index (χ0) is 17.1. The number of likely N-dealkylation sites (N-methyl/N-ethyl adjacent to an activating group) is 1. The molecule has 0 fully saturated rings. The van der Waals surface area contributed by atoms with Gasteiger partial charge in [-0.2, -0.15) is 5.10 Å². The van der Waals surface area contributed by atoms with Crippen molar-refractivity contribution in [3.63, 3.8) is 0 Å². The fourth-order valence-electron chi connectivity index (χ4n) is 2.90. The van der Waals surface area contributed by atoms with Crippen molar-refractivity contribution in [1.82, 2.24) is 20.4 Å². The first kappa shape index (κ1) is 16.2. The molecular weight excluding hydrogens is 300 g/mol. The molecule has 3 aromatic rings. The number of hydrogen-bond acceptors (Lipinski definition) is 3. The summed E-state index contributed by atoms with van der Waals surface area (Å²) >= 11 is 0. The number of fused-ring (bicyclic) bond motifs is 1. The SMILES string of the molecule is CNC(C(=O)NC(C)c1ccc2ccccc2c1)c1cnn(C)c1. The van der Waals surface area contributed by atoms with Gasteiger partial charge in [0.05, 0.1) is 12.2 Å². The molecule has 24 heavy (non-hydrogen) atoms. The summed E-state index contributed by atoms with van der Waals surface area (Å²) in [6.45, 7) is 2.00. The number of hydrogen-bond donors (Lipinski definition) is 2. The van der Waals surface area contributed by atoms with E-state index in [1.807, 2.05) is 32.3 Å². The highest BCUT2D eigenvalue weighted by atomic mass is 16.2. The Balaban J connectivity index is 1.76. The van der Waals surface area contributed by atoms with Crippen molar-refractivity contribution in [2.75, 3.05) is 7.05 Å². The summed E-state index contributed by atoms with van der Waals surface area (Å²) in [6, 6.07) is 14.0. The summed E-state index contributed by atoms with van der Waals surface area (Å²) in [6.07, 6.45) is 3.56. The Morgan fingerprint density at radius 2 is 1.88 bits per heavy atom. The lowest BCUT2D eigenvalue weighted by Gasteiger charge is -2.20. The Morgan fingerprint density at radius 1 is 1.12 bits per heavy atom. The van der Waals surface area contributed by atoms with Crippen LogP contribution in [0.5, 0.6) is 0 Å². The van der Waals surface area contributed by atoms with Crippen LogP contribution in [0.2, 0.25) is 0 Å². The minimum atomic E-state index is -0.415. The largest absolute Gasteiger partial charge is 0.348 e. The Hall–Kier alpha value is -2.66. The maximum atomic E-state index is 12.6. The molecule has 0 saturated carbocycles. The molecule has 0 spiro atoms. The third kappa shape index (κ3) is 3.31. The first-order chi connectivity index (χ1) is 11.6. The van der Waals surface area contributed by atoms with E-state index in [0.29, 0.717) is 0 Å². The number of nitrogens with one attached hydrogen (secondary N) is 2. The molecule has 2 unspecified atom stereocenters. The van der Waals surface area contributed by atoms with E-state index in [1.165, 1.54) is 10.8 Å². The molecule has 0 aliphatic heterocycles. The zero-order valence-corrected chi connectivity index (χ0v) is 14.2. The molecule has 0 aliphatic rings. The van der Waals surface area contributed by atoms with E-state index >= 15 is 0 Å². The van der Waals surface area contributed by atoms with Crippen molar-refractivity contribution in [3.8, 4) is 0 Å². The summed E-state index contributed by atoms with van der Waals surface area (Å²) in [7, 11) is 3.61. The van der Waals surface area contributed by atoms with Crippen LogP contribution in [0.4, 0.5) is 0 Å². The smallest absolute Gasteiger partial charge is 0.242 e. The van der Waals surface area contributed by atoms with Gasteiger partial charge >= 0.3 is 0 Å². The number of benzene rings is 2. The van der Waals surface area contributed by atoms with Gasteiger partial charge in [-0.25, -0.2) is 0 Å². The number of nitrogens with zero attached hydrogens (tertiary/aromatic N) is 2. The van der Waals surface area contributed by atoms with E-state index < -0.39 is 6.04 Å². The van der Waals surface area contributed by atoms with Crippen LogP contribution in [-0.2, 0) is 11.8 Å². The second-order valence-corrected chi connectivity index (χ2v) is 6.01. The van der Waals surface area contributed by atoms with Crippen molar-refractivity contribution in [2.45, 2.75) is 19.0 Å². The number of rotatable bonds is 5. The van der Waals surface area contributed by atoms with Gasteiger partial charge < -0.3 is 10.6 Å². The van der Waals surface area contributed by atoms with Crippen molar-refractivity contribution < 1.29 is 4.79 Å². The van der Waals surface area contributed by atoms with E-state index in [4.69, 9.17) is 0 Å². The van der Waals surface area contributed by atoms with Gasteiger partial charge in [-0.15, -0.1) is 0 Å². The normalized spacial score (nSPS) is 13.6. The molecule has 0 bridgehead atoms. The van der Waals surface area contributed by atoms with E-state index in [9.17, 15) is 4.79 Å². The molecule has 5 heteroatoms. The van der Waals surface area contributed by atoms with Gasteiger partial charge in [0.25, 0.3) is 0 Å². The fourth-order valence-corrected chi connectivity index (χ4v) is 2.90. The van der Waals surface area contributed by atoms with Crippen LogP contribution in [0, 0.1) is 0 Å². The Kier molecular flexibility index (Phi) is 4.62. The molecule has 2 N–H and O–H groups in total. The first-order valence-corrected chi connectivity index (χ1v) is 8.03. The predicted octanol–water partition coefficient (Wildman–Crippen LogP) is 2.71. The Morgan fingerprint density at radius 3 is 2.54 bits per heavy atom. The van der Waals surface area contributed by atoms with Crippen molar-refractivity contribution in [2.24, 2.45) is 7.05 Å². The summed E-state index contributed by atoms with van der Waals surface area (Å²) in [5, 5.41) is 12.6. The first-order valence-electron chi connectivity index (χ1n) is 8.03. The molecule has 3 rings (SSSR count). The number of aromatic nitrogens is 2. The van der Waals surface area contributed by atoms with Gasteiger partial charge in [0.15, 0.2) is 0 Å². The van der Waals surface area contributed by atoms with E-state index in [0.717, 1.165) is 11.1 Å². The molecule has 0 saturated heterocycles. The molecule has 2 atom stereocenters. The van der Waals surface area contributed by atoms with Crippen LogP contribution in [0.3, 0.4) is 0 Å². The van der Waals surface area contributed by atoms with Crippen LogP contribution in [0.1, 0.15) is 30.1 Å². The molecule has 2 aromatic carbocycles. The highest BCUT2D eigenvalue weighted by Crippen LogP contribution is 2.21. The van der Waals surface area contributed by atoms with Gasteiger partial charge in [0, 0.05) is 18.8 Å². The molecule has 0 radical (unpaired) electrons. The Bertz CT molecular complexity index is 855. The van der Waals surface area contributed by atoms with Crippen LogP contribution in [-0.4, -0.2) is 22.7 Å². The van der Waals surface area contributed by atoms with Gasteiger partial charge in [-0.3, -0.25) is 9.48 Å². The third-order valence-electron chi connectivity index (χ3n) is 4.24. The number of carbonyl (C=O) groups excluding carboxylic acids is 1. The summed E-state index contributed by atoms with van der Waals surface area (Å²) in [5.74, 6) is -0.0637. The molecule has 5 nitrogen and oxygen atoms in total. The molecule has 1 aromatic heterocycles. The summed E-state index contributed by atoms with van der Waals surface area (Å²) < 4.78 is 1.69. The minimum absolute atomic E-state index is 0.0637. The van der Waals surface area contributed by atoms with E-state index in [-0.39, 0.29) is 11.9 Å². The number of carbonyl (C=O) groups is 1. The standard InChI is InChI=1S/C19H22N4O/c1-13(15-9-8-14-6-4-5-7-16(14)10-15)22-19(24)18(20-2)17-11-21-23(3)12-17/h4-13,18,20H,1-3H3,(H,22,24). The van der Waals surface area contributed by atoms with Crippen molar-refractivity contribution >= 4 is 16.7 Å². The molecule has 1 amide bonds. The molecule has 1 heterocycles. The van der Waals surface area contributed by atoms with Gasteiger partial charge in [-0.1, -0.05) is 36.4 Å². The lowest BCUT2D eigenvalue weighted by molar-refractivity contribution is -0.123. The van der Waals surface area contributed by atoms with Crippen LogP contribution in [0.15, 0.2) is 54.9 Å². The molecule has 124 valence electrons. The summed E-state index contributed by atoms with van der Waals surface area (Å²) in [5.41, 5.74) is 1.94. The van der Waals surface area contributed by atoms with Crippen molar-refractivity contribution in [3.05, 3.63) is 66.0 Å². The lowest BCUT2D eigenvalue weighted by atomic mass is 10.0. The van der Waals surface area contributed by atoms with Crippen LogP contribution in [0.25, 0.3) is 10.8 Å². The predicted molar refractivity (Wildman–Crippen MR) is 95.5 cm³/mol. The maximum Gasteiger partial charge on any atom is 0.242 e.